The van der Waals surface area contributed by atoms with Crippen molar-refractivity contribution in [2.75, 3.05) is 6.54 Å². The van der Waals surface area contributed by atoms with E-state index in [4.69, 9.17) is 0 Å². The van der Waals surface area contributed by atoms with Crippen molar-refractivity contribution in [3.63, 3.8) is 0 Å². The summed E-state index contributed by atoms with van der Waals surface area (Å²) in [6, 6.07) is 10.9. The van der Waals surface area contributed by atoms with Gasteiger partial charge in [0.25, 0.3) is 0 Å². The molecule has 0 saturated carbocycles. The second-order valence-corrected chi connectivity index (χ2v) is 6.12. The number of benzene rings is 1. The topological polar surface area (TPSA) is 37.8 Å². The number of para-hydroxylation sites is 1. The maximum atomic E-state index is 4.64. The zero-order valence-electron chi connectivity index (χ0n) is 12.3. The molecule has 0 saturated heterocycles. The Morgan fingerprint density at radius 2 is 2.14 bits per heavy atom. The number of aryl methyl sites for hydroxylation is 1. The molecule has 21 heavy (non-hydrogen) atoms. The quantitative estimate of drug-likeness (QED) is 0.776. The fourth-order valence-electron chi connectivity index (χ4n) is 2.71. The lowest BCUT2D eigenvalue weighted by Gasteiger charge is -2.20. The summed E-state index contributed by atoms with van der Waals surface area (Å²) in [6.45, 7) is 5.15. The number of nitrogens with zero attached hydrogens (tertiary/aromatic N) is 2. The lowest BCUT2D eigenvalue weighted by atomic mass is 9.98. The Hall–Kier alpha value is -1.78. The minimum absolute atomic E-state index is 0.294. The van der Waals surface area contributed by atoms with E-state index in [0.29, 0.717) is 6.04 Å². The van der Waals surface area contributed by atoms with E-state index in [1.165, 1.54) is 15.8 Å². The summed E-state index contributed by atoms with van der Waals surface area (Å²) in [4.78, 5) is 10.1. The van der Waals surface area contributed by atoms with Crippen LogP contribution in [0.4, 0.5) is 0 Å². The predicted molar refractivity (Wildman–Crippen MR) is 88.7 cm³/mol. The number of fused-ring (bicyclic) bond motifs is 1. The van der Waals surface area contributed by atoms with Crippen LogP contribution in [0.1, 0.15) is 29.1 Å². The third-order valence-electron chi connectivity index (χ3n) is 3.59. The molecule has 4 heteroatoms. The second kappa shape index (κ2) is 6.33. The highest BCUT2D eigenvalue weighted by Crippen LogP contribution is 2.27. The minimum atomic E-state index is 0.294. The molecule has 3 nitrogen and oxygen atoms in total. The fourth-order valence-corrected chi connectivity index (χ4v) is 3.35. The van der Waals surface area contributed by atoms with Gasteiger partial charge in [-0.3, -0.25) is 9.97 Å². The SMILES string of the molecule is CCNC(Cc1cncs1)c1cc(C)nc2ccccc12. The van der Waals surface area contributed by atoms with Crippen molar-refractivity contribution in [1.82, 2.24) is 15.3 Å². The Morgan fingerprint density at radius 1 is 1.29 bits per heavy atom. The summed E-state index contributed by atoms with van der Waals surface area (Å²) in [5.41, 5.74) is 5.36. The predicted octanol–water partition coefficient (Wildman–Crippen LogP) is 3.89. The first kappa shape index (κ1) is 14.2. The molecule has 1 unspecified atom stereocenters. The van der Waals surface area contributed by atoms with Gasteiger partial charge in [0.05, 0.1) is 11.0 Å². The van der Waals surface area contributed by atoms with Crippen LogP contribution in [-0.2, 0) is 6.42 Å². The molecule has 0 aliphatic carbocycles. The highest BCUT2D eigenvalue weighted by atomic mass is 32.1. The molecule has 0 spiro atoms. The average Bonchev–Trinajstić information content (AvgIpc) is 2.99. The van der Waals surface area contributed by atoms with Crippen LogP contribution in [0.15, 0.2) is 42.0 Å². The van der Waals surface area contributed by atoms with E-state index in [0.717, 1.165) is 24.2 Å². The molecule has 0 bridgehead atoms. The lowest BCUT2D eigenvalue weighted by Crippen LogP contribution is -2.23. The molecular formula is C17H19N3S. The number of rotatable bonds is 5. The summed E-state index contributed by atoms with van der Waals surface area (Å²) in [5.74, 6) is 0. The van der Waals surface area contributed by atoms with Crippen LogP contribution in [0.25, 0.3) is 10.9 Å². The van der Waals surface area contributed by atoms with Gasteiger partial charge in [-0.25, -0.2) is 0 Å². The number of thiazole rings is 1. The number of pyridine rings is 1. The Bertz CT molecular complexity index is 722. The van der Waals surface area contributed by atoms with Gasteiger partial charge in [-0.05, 0) is 31.2 Å². The number of aromatic nitrogens is 2. The van der Waals surface area contributed by atoms with Crippen LogP contribution < -0.4 is 5.32 Å². The van der Waals surface area contributed by atoms with Crippen molar-refractivity contribution >= 4 is 22.2 Å². The summed E-state index contributed by atoms with van der Waals surface area (Å²) >= 11 is 1.71. The van der Waals surface area contributed by atoms with Crippen LogP contribution in [0.3, 0.4) is 0 Å². The monoisotopic (exact) mass is 297 g/mol. The zero-order valence-corrected chi connectivity index (χ0v) is 13.2. The van der Waals surface area contributed by atoms with Crippen LogP contribution in [0.2, 0.25) is 0 Å². The standard InChI is InChI=1S/C17H19N3S/c1-3-19-17(9-13-10-18-11-21-13)15-8-12(2)20-16-7-5-4-6-14(15)16/h4-8,10-11,17,19H,3,9H2,1-2H3. The van der Waals surface area contributed by atoms with E-state index in [2.05, 4.69) is 53.4 Å². The van der Waals surface area contributed by atoms with Crippen LogP contribution >= 0.6 is 11.3 Å². The summed E-state index contributed by atoms with van der Waals surface area (Å²) < 4.78 is 0. The third kappa shape index (κ3) is 3.12. The maximum Gasteiger partial charge on any atom is 0.0794 e. The molecule has 3 rings (SSSR count). The van der Waals surface area contributed by atoms with Crippen LogP contribution in [0, 0.1) is 6.92 Å². The Balaban J connectivity index is 2.05. The minimum Gasteiger partial charge on any atom is -0.310 e. The normalized spacial score (nSPS) is 12.7. The molecule has 3 aromatic rings. The van der Waals surface area contributed by atoms with Gasteiger partial charge in [0.1, 0.15) is 0 Å². The molecule has 1 N–H and O–H groups in total. The van der Waals surface area contributed by atoms with Gasteiger partial charge < -0.3 is 5.32 Å². The van der Waals surface area contributed by atoms with Gasteiger partial charge in [0.2, 0.25) is 0 Å². The first-order chi connectivity index (χ1) is 10.3. The van der Waals surface area contributed by atoms with E-state index in [-0.39, 0.29) is 0 Å². The molecule has 0 aliphatic rings. The van der Waals surface area contributed by atoms with Crippen molar-refractivity contribution in [2.45, 2.75) is 26.3 Å². The van der Waals surface area contributed by atoms with Gasteiger partial charge in [-0.2, -0.15) is 0 Å². The van der Waals surface area contributed by atoms with Crippen molar-refractivity contribution < 1.29 is 0 Å². The highest BCUT2D eigenvalue weighted by Gasteiger charge is 2.16. The van der Waals surface area contributed by atoms with Crippen LogP contribution in [0.5, 0.6) is 0 Å². The molecule has 0 fully saturated rings. The fraction of sp³-hybridized carbons (Fsp3) is 0.294. The Labute approximate surface area is 129 Å². The van der Waals surface area contributed by atoms with Crippen molar-refractivity contribution in [3.05, 3.63) is 58.2 Å². The lowest BCUT2D eigenvalue weighted by molar-refractivity contribution is 0.556. The van der Waals surface area contributed by atoms with Gasteiger partial charge in [-0.1, -0.05) is 25.1 Å². The van der Waals surface area contributed by atoms with E-state index < -0.39 is 0 Å². The summed E-state index contributed by atoms with van der Waals surface area (Å²) in [7, 11) is 0. The average molecular weight is 297 g/mol. The molecule has 2 heterocycles. The molecule has 0 radical (unpaired) electrons. The van der Waals surface area contributed by atoms with E-state index in [1.54, 1.807) is 11.3 Å². The van der Waals surface area contributed by atoms with Gasteiger partial charge in [0, 0.05) is 34.6 Å². The largest absolute Gasteiger partial charge is 0.310 e. The van der Waals surface area contributed by atoms with Crippen molar-refractivity contribution in [3.8, 4) is 0 Å². The van der Waals surface area contributed by atoms with E-state index in [9.17, 15) is 0 Å². The number of hydrogen-bond acceptors (Lipinski definition) is 4. The first-order valence-electron chi connectivity index (χ1n) is 7.25. The van der Waals surface area contributed by atoms with E-state index >= 15 is 0 Å². The zero-order chi connectivity index (χ0) is 14.7. The molecule has 0 aliphatic heterocycles. The molecule has 1 atom stereocenters. The first-order valence-corrected chi connectivity index (χ1v) is 8.13. The van der Waals surface area contributed by atoms with Crippen molar-refractivity contribution in [1.29, 1.82) is 0 Å². The highest BCUT2D eigenvalue weighted by molar-refractivity contribution is 7.09. The van der Waals surface area contributed by atoms with Gasteiger partial charge >= 0.3 is 0 Å². The summed E-state index contributed by atoms with van der Waals surface area (Å²) in [6.07, 6.45) is 2.93. The summed E-state index contributed by atoms with van der Waals surface area (Å²) in [5, 5.41) is 4.84. The molecule has 108 valence electrons. The van der Waals surface area contributed by atoms with Crippen molar-refractivity contribution in [2.24, 2.45) is 0 Å². The number of likely N-dealkylation sites (N-methyl/N-ethyl adjacent to an activating group) is 1. The number of nitrogens with one attached hydrogen (secondary N) is 1. The van der Waals surface area contributed by atoms with Gasteiger partial charge in [0.15, 0.2) is 0 Å². The second-order valence-electron chi connectivity index (χ2n) is 5.15. The number of hydrogen-bond donors (Lipinski definition) is 1. The molecule has 1 aromatic carbocycles. The maximum absolute atomic E-state index is 4.64. The smallest absolute Gasteiger partial charge is 0.0794 e. The molecular weight excluding hydrogens is 278 g/mol. The third-order valence-corrected chi connectivity index (χ3v) is 4.39. The van der Waals surface area contributed by atoms with E-state index in [1.807, 2.05) is 17.8 Å². The molecule has 0 amide bonds. The van der Waals surface area contributed by atoms with Gasteiger partial charge in [-0.15, -0.1) is 11.3 Å². The van der Waals surface area contributed by atoms with Crippen LogP contribution in [-0.4, -0.2) is 16.5 Å². The molecule has 2 aromatic heterocycles. The Morgan fingerprint density at radius 3 is 2.90 bits per heavy atom. The Kier molecular flexibility index (Phi) is 4.27.